The topological polar surface area (TPSA) is 40.6 Å². The molecule has 0 atom stereocenters. The number of carbonyl (C=O) groups excluding carboxylic acids is 2. The van der Waals surface area contributed by atoms with Crippen molar-refractivity contribution in [3.63, 3.8) is 0 Å². The van der Waals surface area contributed by atoms with Gasteiger partial charge in [-0.1, -0.05) is 30.3 Å². The molecule has 0 spiro atoms. The van der Waals surface area contributed by atoms with Crippen LogP contribution in [-0.2, 0) is 0 Å². The van der Waals surface area contributed by atoms with Gasteiger partial charge in [0, 0.05) is 40.7 Å². The Morgan fingerprint density at radius 3 is 2.18 bits per heavy atom. The van der Waals surface area contributed by atoms with E-state index in [1.165, 1.54) is 24.2 Å². The Morgan fingerprint density at radius 2 is 1.43 bits per heavy atom. The standard InChI is InChI=1S/C24H22N2O2/c1-16-8-3-4-11-20(16)26-23(27)18-10-7-9-17-21(25-14-5-2-6-15-25)13-12-19(22(17)18)24(26)28/h3-4,7-13H,2,5-6,14-15H2,1H3. The van der Waals surface area contributed by atoms with Crippen molar-refractivity contribution >= 4 is 34.0 Å². The molecule has 140 valence electrons. The van der Waals surface area contributed by atoms with Crippen LogP contribution in [0.4, 0.5) is 11.4 Å². The molecule has 5 rings (SSSR count). The Balaban J connectivity index is 1.70. The van der Waals surface area contributed by atoms with Gasteiger partial charge in [-0.2, -0.15) is 0 Å². The van der Waals surface area contributed by atoms with Crippen molar-refractivity contribution in [1.29, 1.82) is 0 Å². The number of piperidine rings is 1. The lowest BCUT2D eigenvalue weighted by molar-refractivity contribution is 0.0893. The molecule has 0 radical (unpaired) electrons. The molecular formula is C24H22N2O2. The van der Waals surface area contributed by atoms with Crippen LogP contribution in [0.15, 0.2) is 54.6 Å². The highest BCUT2D eigenvalue weighted by atomic mass is 16.2. The van der Waals surface area contributed by atoms with Crippen molar-refractivity contribution in [1.82, 2.24) is 0 Å². The third kappa shape index (κ3) is 2.44. The van der Waals surface area contributed by atoms with Gasteiger partial charge in [0.05, 0.1) is 5.69 Å². The second-order valence-electron chi connectivity index (χ2n) is 7.64. The van der Waals surface area contributed by atoms with Crippen molar-refractivity contribution in [2.45, 2.75) is 26.2 Å². The molecule has 28 heavy (non-hydrogen) atoms. The molecule has 4 nitrogen and oxygen atoms in total. The number of anilines is 2. The fourth-order valence-corrected chi connectivity index (χ4v) is 4.52. The van der Waals surface area contributed by atoms with Crippen molar-refractivity contribution in [3.05, 3.63) is 71.3 Å². The summed E-state index contributed by atoms with van der Waals surface area (Å²) >= 11 is 0. The number of rotatable bonds is 2. The quantitative estimate of drug-likeness (QED) is 0.600. The van der Waals surface area contributed by atoms with Crippen molar-refractivity contribution < 1.29 is 9.59 Å². The van der Waals surface area contributed by atoms with Crippen molar-refractivity contribution in [2.75, 3.05) is 22.9 Å². The lowest BCUT2D eigenvalue weighted by atomic mass is 9.91. The summed E-state index contributed by atoms with van der Waals surface area (Å²) in [6.45, 7) is 3.97. The number of hydrogen-bond donors (Lipinski definition) is 0. The van der Waals surface area contributed by atoms with E-state index in [1.807, 2.05) is 55.5 Å². The van der Waals surface area contributed by atoms with Gasteiger partial charge in [-0.05, 0) is 56.0 Å². The van der Waals surface area contributed by atoms with Crippen LogP contribution in [0, 0.1) is 6.92 Å². The Bertz CT molecular complexity index is 1090. The number of benzene rings is 3. The molecule has 2 heterocycles. The second kappa shape index (κ2) is 6.48. The summed E-state index contributed by atoms with van der Waals surface area (Å²) in [5.74, 6) is -0.485. The van der Waals surface area contributed by atoms with E-state index in [1.54, 1.807) is 0 Å². The average molecular weight is 370 g/mol. The van der Waals surface area contributed by atoms with Gasteiger partial charge >= 0.3 is 0 Å². The zero-order chi connectivity index (χ0) is 19.3. The Labute approximate surface area is 164 Å². The number of amides is 2. The van der Waals surface area contributed by atoms with E-state index in [0.29, 0.717) is 16.8 Å². The van der Waals surface area contributed by atoms with E-state index in [0.717, 1.165) is 35.1 Å². The molecule has 3 aromatic rings. The van der Waals surface area contributed by atoms with Crippen LogP contribution in [0.1, 0.15) is 45.5 Å². The summed E-state index contributed by atoms with van der Waals surface area (Å²) in [4.78, 5) is 30.4. The monoisotopic (exact) mass is 370 g/mol. The lowest BCUT2D eigenvalue weighted by Crippen LogP contribution is -2.41. The average Bonchev–Trinajstić information content (AvgIpc) is 2.73. The minimum absolute atomic E-state index is 0.242. The minimum Gasteiger partial charge on any atom is -0.371 e. The maximum atomic E-state index is 13.3. The molecule has 0 unspecified atom stereocenters. The van der Waals surface area contributed by atoms with E-state index >= 15 is 0 Å². The molecule has 2 amide bonds. The largest absolute Gasteiger partial charge is 0.371 e. The number of nitrogens with zero attached hydrogens (tertiary/aromatic N) is 2. The van der Waals surface area contributed by atoms with E-state index < -0.39 is 0 Å². The number of aryl methyl sites for hydroxylation is 1. The van der Waals surface area contributed by atoms with Gasteiger partial charge < -0.3 is 4.90 Å². The molecule has 2 aliphatic heterocycles. The van der Waals surface area contributed by atoms with Gasteiger partial charge in [0.1, 0.15) is 0 Å². The van der Waals surface area contributed by atoms with Gasteiger partial charge in [-0.25, -0.2) is 4.90 Å². The van der Waals surface area contributed by atoms with Gasteiger partial charge in [-0.3, -0.25) is 9.59 Å². The SMILES string of the molecule is Cc1ccccc1N1C(=O)c2cccc3c(N4CCCCC4)ccc(c23)C1=O. The number of hydrogen-bond acceptors (Lipinski definition) is 3. The molecule has 1 saturated heterocycles. The van der Waals surface area contributed by atoms with E-state index in [4.69, 9.17) is 0 Å². The maximum absolute atomic E-state index is 13.3. The van der Waals surface area contributed by atoms with Crippen LogP contribution in [-0.4, -0.2) is 24.9 Å². The minimum atomic E-state index is -0.242. The summed E-state index contributed by atoms with van der Waals surface area (Å²) in [7, 11) is 0. The normalized spacial score (nSPS) is 16.8. The smallest absolute Gasteiger partial charge is 0.265 e. The molecule has 0 saturated carbocycles. The van der Waals surface area contributed by atoms with Crippen LogP contribution in [0.5, 0.6) is 0 Å². The highest BCUT2D eigenvalue weighted by molar-refractivity contribution is 6.36. The second-order valence-corrected chi connectivity index (χ2v) is 7.64. The molecule has 2 aliphatic rings. The predicted molar refractivity (Wildman–Crippen MR) is 112 cm³/mol. The van der Waals surface area contributed by atoms with Gasteiger partial charge in [-0.15, -0.1) is 0 Å². The third-order valence-corrected chi connectivity index (χ3v) is 5.94. The van der Waals surface area contributed by atoms with Gasteiger partial charge in [0.15, 0.2) is 0 Å². The van der Waals surface area contributed by atoms with Crippen LogP contribution >= 0.6 is 0 Å². The maximum Gasteiger partial charge on any atom is 0.265 e. The molecule has 0 aliphatic carbocycles. The van der Waals surface area contributed by atoms with E-state index in [-0.39, 0.29) is 11.8 Å². The van der Waals surface area contributed by atoms with Gasteiger partial charge in [0.25, 0.3) is 11.8 Å². The summed E-state index contributed by atoms with van der Waals surface area (Å²) in [5, 5.41) is 1.80. The molecule has 4 heteroatoms. The number of carbonyl (C=O) groups is 2. The van der Waals surface area contributed by atoms with Crippen molar-refractivity contribution in [3.8, 4) is 0 Å². The number of para-hydroxylation sites is 1. The predicted octanol–water partition coefficient (Wildman–Crippen LogP) is 4.94. The Morgan fingerprint density at radius 1 is 0.714 bits per heavy atom. The zero-order valence-electron chi connectivity index (χ0n) is 15.9. The first-order chi connectivity index (χ1) is 13.7. The van der Waals surface area contributed by atoms with Crippen LogP contribution in [0.3, 0.4) is 0 Å². The fraction of sp³-hybridized carbons (Fsp3) is 0.250. The first-order valence-corrected chi connectivity index (χ1v) is 9.92. The van der Waals surface area contributed by atoms with E-state index in [2.05, 4.69) is 11.0 Å². The molecular weight excluding hydrogens is 348 g/mol. The first kappa shape index (κ1) is 17.0. The highest BCUT2D eigenvalue weighted by Crippen LogP contribution is 2.38. The van der Waals surface area contributed by atoms with Crippen molar-refractivity contribution in [2.24, 2.45) is 0 Å². The molecule has 1 fully saturated rings. The lowest BCUT2D eigenvalue weighted by Gasteiger charge is -2.32. The Hall–Kier alpha value is -3.14. The summed E-state index contributed by atoms with van der Waals surface area (Å²) in [6, 6.07) is 17.3. The summed E-state index contributed by atoms with van der Waals surface area (Å²) in [6.07, 6.45) is 3.63. The van der Waals surface area contributed by atoms with Crippen LogP contribution in [0.25, 0.3) is 10.8 Å². The zero-order valence-corrected chi connectivity index (χ0v) is 15.9. The number of imide groups is 1. The highest BCUT2D eigenvalue weighted by Gasteiger charge is 2.35. The first-order valence-electron chi connectivity index (χ1n) is 9.92. The fourth-order valence-electron chi connectivity index (χ4n) is 4.52. The molecule has 0 aromatic heterocycles. The van der Waals surface area contributed by atoms with Gasteiger partial charge in [0.2, 0.25) is 0 Å². The molecule has 0 N–H and O–H groups in total. The van der Waals surface area contributed by atoms with E-state index in [9.17, 15) is 9.59 Å². The molecule has 3 aromatic carbocycles. The molecule has 0 bridgehead atoms. The summed E-state index contributed by atoms with van der Waals surface area (Å²) < 4.78 is 0. The van der Waals surface area contributed by atoms with Crippen LogP contribution in [0.2, 0.25) is 0 Å². The third-order valence-electron chi connectivity index (χ3n) is 5.94. The Kier molecular flexibility index (Phi) is 3.93. The van der Waals surface area contributed by atoms with Crippen LogP contribution < -0.4 is 9.80 Å². The summed E-state index contributed by atoms with van der Waals surface area (Å²) in [5.41, 5.74) is 3.90.